The molecule has 1 N–H and O–H groups in total. The number of phosphoric acid groups is 1. The fraction of sp³-hybridized carbons (Fsp3) is 1.00. The van der Waals surface area contributed by atoms with Crippen molar-refractivity contribution in [3.63, 3.8) is 0 Å². The molecule has 0 rings (SSSR count). The summed E-state index contributed by atoms with van der Waals surface area (Å²) in [6, 6.07) is 0. The van der Waals surface area contributed by atoms with Crippen LogP contribution in [0.25, 0.3) is 0 Å². The van der Waals surface area contributed by atoms with Gasteiger partial charge in [0, 0.05) is 0 Å². The van der Waals surface area contributed by atoms with Gasteiger partial charge in [-0.2, -0.15) is 0 Å². The molecule has 0 aliphatic carbocycles. The summed E-state index contributed by atoms with van der Waals surface area (Å²) in [6.07, 6.45) is 30.6. The molecule has 224 valence electrons. The largest absolute Gasteiger partial charge is 0.472 e. The number of phosphoric ester groups is 1. The zero-order valence-corrected chi connectivity index (χ0v) is 26.6. The van der Waals surface area contributed by atoms with Gasteiger partial charge in [-0.1, -0.05) is 169 Å². The number of rotatable bonds is 30. The molecular formula is C32H67O4P. The molecule has 0 saturated heterocycles. The van der Waals surface area contributed by atoms with Crippen molar-refractivity contribution in [1.82, 2.24) is 0 Å². The van der Waals surface area contributed by atoms with Gasteiger partial charge in [-0.25, -0.2) is 4.57 Å². The summed E-state index contributed by atoms with van der Waals surface area (Å²) in [5, 5.41) is 0. The summed E-state index contributed by atoms with van der Waals surface area (Å²) in [4.78, 5) is 9.83. The first kappa shape index (κ1) is 37.1. The van der Waals surface area contributed by atoms with Crippen LogP contribution in [0.15, 0.2) is 0 Å². The fourth-order valence-electron chi connectivity index (χ4n) is 4.89. The first-order chi connectivity index (χ1) is 17.8. The van der Waals surface area contributed by atoms with E-state index < -0.39 is 7.82 Å². The highest BCUT2D eigenvalue weighted by Gasteiger charge is 2.19. The van der Waals surface area contributed by atoms with Crippen molar-refractivity contribution >= 4 is 7.82 Å². The second-order valence-electron chi connectivity index (χ2n) is 12.3. The predicted octanol–water partition coefficient (Wildman–Crippen LogP) is 11.8. The SMILES string of the molecule is CC(C)CCCCCCCCCCCCCOP(=O)(O)OCCCCCCCCCCCCCC(C)C. The Kier molecular flexibility index (Phi) is 27.8. The highest BCUT2D eigenvalue weighted by Crippen LogP contribution is 2.43. The van der Waals surface area contributed by atoms with E-state index in [0.717, 1.165) is 37.5 Å². The Balaban J connectivity index is 3.30. The molecule has 0 aromatic heterocycles. The van der Waals surface area contributed by atoms with Gasteiger partial charge in [0.25, 0.3) is 0 Å². The maximum absolute atomic E-state index is 12.0. The summed E-state index contributed by atoms with van der Waals surface area (Å²) < 4.78 is 22.3. The quantitative estimate of drug-likeness (QED) is 0.0719. The second-order valence-corrected chi connectivity index (χ2v) is 13.7. The van der Waals surface area contributed by atoms with Gasteiger partial charge < -0.3 is 4.89 Å². The Labute approximate surface area is 233 Å². The number of hydrogen-bond acceptors (Lipinski definition) is 3. The molecule has 0 aromatic rings. The molecule has 0 saturated carbocycles. The summed E-state index contributed by atoms with van der Waals surface area (Å²) >= 11 is 0. The van der Waals surface area contributed by atoms with Gasteiger partial charge in [0.15, 0.2) is 0 Å². The Morgan fingerprint density at radius 2 is 0.649 bits per heavy atom. The average molecular weight is 547 g/mol. The summed E-state index contributed by atoms with van der Waals surface area (Å²) in [7, 11) is -3.87. The minimum Gasteiger partial charge on any atom is -0.302 e. The molecule has 0 aliphatic rings. The van der Waals surface area contributed by atoms with E-state index in [-0.39, 0.29) is 0 Å². The van der Waals surface area contributed by atoms with Gasteiger partial charge in [-0.05, 0) is 24.7 Å². The normalized spacial score (nSPS) is 12.3. The Morgan fingerprint density at radius 3 is 0.892 bits per heavy atom. The highest BCUT2D eigenvalue weighted by molar-refractivity contribution is 7.47. The van der Waals surface area contributed by atoms with Crippen LogP contribution in [0.5, 0.6) is 0 Å². The van der Waals surface area contributed by atoms with Crippen molar-refractivity contribution in [2.45, 2.75) is 182 Å². The maximum Gasteiger partial charge on any atom is 0.472 e. The third-order valence-electron chi connectivity index (χ3n) is 7.36. The number of unbranched alkanes of at least 4 members (excludes halogenated alkanes) is 20. The molecule has 0 amide bonds. The van der Waals surface area contributed by atoms with Crippen molar-refractivity contribution in [1.29, 1.82) is 0 Å². The van der Waals surface area contributed by atoms with Crippen LogP contribution >= 0.6 is 7.82 Å². The lowest BCUT2D eigenvalue weighted by Gasteiger charge is -2.12. The van der Waals surface area contributed by atoms with Crippen molar-refractivity contribution in [3.8, 4) is 0 Å². The molecule has 0 aromatic carbocycles. The standard InChI is InChI=1S/C32H67O4P/c1-31(2)27-23-19-15-11-7-5-9-13-17-21-25-29-35-37(33,34)36-30-26-22-18-14-10-6-8-12-16-20-24-28-32(3)4/h31-32H,5-30H2,1-4H3,(H,33,34). The van der Waals surface area contributed by atoms with Crippen LogP contribution in [0.4, 0.5) is 0 Å². The molecule has 0 bridgehead atoms. The van der Waals surface area contributed by atoms with Gasteiger partial charge in [-0.15, -0.1) is 0 Å². The van der Waals surface area contributed by atoms with Crippen LogP contribution in [0.2, 0.25) is 0 Å². The molecule has 0 fully saturated rings. The molecule has 0 atom stereocenters. The lowest BCUT2D eigenvalue weighted by Crippen LogP contribution is -1.99. The third-order valence-corrected chi connectivity index (χ3v) is 8.38. The van der Waals surface area contributed by atoms with E-state index in [1.165, 1.54) is 128 Å². The number of hydrogen-bond donors (Lipinski definition) is 1. The summed E-state index contributed by atoms with van der Waals surface area (Å²) in [5.41, 5.74) is 0. The molecule has 0 spiro atoms. The van der Waals surface area contributed by atoms with E-state index in [2.05, 4.69) is 27.7 Å². The molecule has 0 radical (unpaired) electrons. The zero-order valence-electron chi connectivity index (χ0n) is 25.7. The molecule has 5 heteroatoms. The van der Waals surface area contributed by atoms with E-state index in [9.17, 15) is 9.46 Å². The zero-order chi connectivity index (χ0) is 27.5. The van der Waals surface area contributed by atoms with Crippen molar-refractivity contribution in [2.24, 2.45) is 11.8 Å². The maximum atomic E-state index is 12.0. The van der Waals surface area contributed by atoms with Crippen LogP contribution in [0.3, 0.4) is 0 Å². The second kappa shape index (κ2) is 27.7. The molecule has 0 unspecified atom stereocenters. The van der Waals surface area contributed by atoms with Crippen molar-refractivity contribution < 1.29 is 18.5 Å². The van der Waals surface area contributed by atoms with Crippen molar-refractivity contribution in [3.05, 3.63) is 0 Å². The molecule has 0 aliphatic heterocycles. The Bertz CT molecular complexity index is 455. The predicted molar refractivity (Wildman–Crippen MR) is 162 cm³/mol. The van der Waals surface area contributed by atoms with Crippen LogP contribution in [0.1, 0.15) is 182 Å². The van der Waals surface area contributed by atoms with E-state index >= 15 is 0 Å². The molecular weight excluding hydrogens is 479 g/mol. The van der Waals surface area contributed by atoms with Gasteiger partial charge in [-0.3, -0.25) is 9.05 Å². The fourth-order valence-corrected chi connectivity index (χ4v) is 5.68. The first-order valence-corrected chi connectivity index (χ1v) is 17.9. The minimum atomic E-state index is -3.87. The van der Waals surface area contributed by atoms with Gasteiger partial charge in [0.1, 0.15) is 0 Å². The topological polar surface area (TPSA) is 55.8 Å². The summed E-state index contributed by atoms with van der Waals surface area (Å²) in [6.45, 7) is 9.88. The highest BCUT2D eigenvalue weighted by atomic mass is 31.2. The third kappa shape index (κ3) is 32.2. The van der Waals surface area contributed by atoms with Crippen LogP contribution in [-0.2, 0) is 13.6 Å². The van der Waals surface area contributed by atoms with E-state index in [4.69, 9.17) is 9.05 Å². The van der Waals surface area contributed by atoms with Crippen molar-refractivity contribution in [2.75, 3.05) is 13.2 Å². The first-order valence-electron chi connectivity index (χ1n) is 16.5. The van der Waals surface area contributed by atoms with Crippen LogP contribution in [0, 0.1) is 11.8 Å². The lowest BCUT2D eigenvalue weighted by molar-refractivity contribution is 0.145. The van der Waals surface area contributed by atoms with Gasteiger partial charge >= 0.3 is 7.82 Å². The average Bonchev–Trinajstić information content (AvgIpc) is 2.84. The Morgan fingerprint density at radius 1 is 0.432 bits per heavy atom. The monoisotopic (exact) mass is 546 g/mol. The van der Waals surface area contributed by atoms with E-state index in [0.29, 0.717) is 13.2 Å². The van der Waals surface area contributed by atoms with Crippen LogP contribution < -0.4 is 0 Å². The minimum absolute atomic E-state index is 0.321. The molecule has 37 heavy (non-hydrogen) atoms. The van der Waals surface area contributed by atoms with Gasteiger partial charge in [0.05, 0.1) is 13.2 Å². The Hall–Kier alpha value is 0.110. The molecule has 4 nitrogen and oxygen atoms in total. The van der Waals surface area contributed by atoms with E-state index in [1.54, 1.807) is 0 Å². The smallest absolute Gasteiger partial charge is 0.302 e. The summed E-state index contributed by atoms with van der Waals surface area (Å²) in [5.74, 6) is 1.70. The van der Waals surface area contributed by atoms with Crippen LogP contribution in [-0.4, -0.2) is 18.1 Å². The lowest BCUT2D eigenvalue weighted by atomic mass is 10.0. The van der Waals surface area contributed by atoms with E-state index in [1.807, 2.05) is 0 Å². The van der Waals surface area contributed by atoms with Gasteiger partial charge in [0.2, 0.25) is 0 Å². The molecule has 0 heterocycles.